The Kier molecular flexibility index (Phi) is 9.34. The number of anilines is 2. The first-order chi connectivity index (χ1) is 14.7. The molecule has 1 aromatic rings. The van der Waals surface area contributed by atoms with Crippen LogP contribution in [-0.2, 0) is 14.4 Å². The van der Waals surface area contributed by atoms with Crippen LogP contribution >= 0.6 is 0 Å². The van der Waals surface area contributed by atoms with Gasteiger partial charge in [-0.3, -0.25) is 14.4 Å². The molecule has 0 bridgehead atoms. The molecule has 0 saturated carbocycles. The highest BCUT2D eigenvalue weighted by atomic mass is 16.2. The Labute approximate surface area is 186 Å². The quantitative estimate of drug-likeness (QED) is 0.496. The van der Waals surface area contributed by atoms with E-state index in [-0.39, 0.29) is 24.1 Å². The number of benzene rings is 1. The molecule has 0 aliphatic carbocycles. The van der Waals surface area contributed by atoms with E-state index in [1.165, 1.54) is 12.8 Å². The Hall–Kier alpha value is -2.57. The molecular weight excluding hydrogens is 392 g/mol. The molecule has 3 amide bonds. The highest BCUT2D eigenvalue weighted by Crippen LogP contribution is 2.23. The number of rotatable bonds is 10. The van der Waals surface area contributed by atoms with E-state index >= 15 is 0 Å². The molecule has 2 rings (SSSR count). The lowest BCUT2D eigenvalue weighted by Crippen LogP contribution is -2.44. The Morgan fingerprint density at radius 2 is 1.84 bits per heavy atom. The molecule has 0 spiro atoms. The van der Waals surface area contributed by atoms with Gasteiger partial charge in [0.05, 0.1) is 0 Å². The molecule has 31 heavy (non-hydrogen) atoms. The van der Waals surface area contributed by atoms with Crippen LogP contribution in [0.5, 0.6) is 0 Å². The van der Waals surface area contributed by atoms with Gasteiger partial charge in [0.25, 0.3) is 0 Å². The van der Waals surface area contributed by atoms with Crippen molar-refractivity contribution < 1.29 is 14.4 Å². The van der Waals surface area contributed by atoms with Gasteiger partial charge in [0, 0.05) is 42.8 Å². The molecule has 0 radical (unpaired) electrons. The van der Waals surface area contributed by atoms with Gasteiger partial charge in [-0.1, -0.05) is 40.2 Å². The molecule has 0 aromatic heterocycles. The van der Waals surface area contributed by atoms with Crippen LogP contribution in [0.15, 0.2) is 24.3 Å². The summed E-state index contributed by atoms with van der Waals surface area (Å²) in [5, 5.41) is 8.65. The zero-order chi connectivity index (χ0) is 22.9. The van der Waals surface area contributed by atoms with Crippen LogP contribution in [0.25, 0.3) is 0 Å². The van der Waals surface area contributed by atoms with Crippen LogP contribution in [0, 0.1) is 5.41 Å². The first kappa shape index (κ1) is 24.7. The summed E-state index contributed by atoms with van der Waals surface area (Å²) in [7, 11) is 0. The topological polar surface area (TPSA) is 90.5 Å². The SMILES string of the molecule is CCCC(NC(=O)CCCNC(=O)C(C)(C)C)C(=O)Nc1cccc(N2CCCC2)c1. The minimum absolute atomic E-state index is 0.0349. The van der Waals surface area contributed by atoms with E-state index in [1.807, 2.05) is 45.9 Å². The number of hydrogen-bond donors (Lipinski definition) is 3. The fourth-order valence-corrected chi connectivity index (χ4v) is 3.53. The number of amides is 3. The van der Waals surface area contributed by atoms with Crippen LogP contribution in [0.4, 0.5) is 11.4 Å². The predicted octanol–water partition coefficient (Wildman–Crippen LogP) is 3.45. The number of nitrogens with zero attached hydrogens (tertiary/aromatic N) is 1. The lowest BCUT2D eigenvalue weighted by molar-refractivity contribution is -0.129. The third kappa shape index (κ3) is 8.23. The van der Waals surface area contributed by atoms with E-state index in [9.17, 15) is 14.4 Å². The van der Waals surface area contributed by atoms with Crippen molar-refractivity contribution in [1.29, 1.82) is 0 Å². The monoisotopic (exact) mass is 430 g/mol. The first-order valence-electron chi connectivity index (χ1n) is 11.4. The third-order valence-corrected chi connectivity index (χ3v) is 5.36. The van der Waals surface area contributed by atoms with Crippen LogP contribution in [0.1, 0.15) is 66.2 Å². The molecule has 172 valence electrons. The molecule has 3 N–H and O–H groups in total. The maximum Gasteiger partial charge on any atom is 0.246 e. The molecule has 1 unspecified atom stereocenters. The highest BCUT2D eigenvalue weighted by molar-refractivity contribution is 5.97. The van der Waals surface area contributed by atoms with E-state index in [2.05, 4.69) is 26.9 Å². The smallest absolute Gasteiger partial charge is 0.246 e. The second-order valence-corrected chi connectivity index (χ2v) is 9.25. The summed E-state index contributed by atoms with van der Waals surface area (Å²) in [6.45, 7) is 10.1. The highest BCUT2D eigenvalue weighted by Gasteiger charge is 2.22. The molecule has 7 heteroatoms. The van der Waals surface area contributed by atoms with E-state index in [1.54, 1.807) is 0 Å². The van der Waals surface area contributed by atoms with E-state index < -0.39 is 11.5 Å². The van der Waals surface area contributed by atoms with Crippen LogP contribution in [0.3, 0.4) is 0 Å². The number of carbonyl (C=O) groups excluding carboxylic acids is 3. The molecule has 1 aliphatic rings. The van der Waals surface area contributed by atoms with Crippen molar-refractivity contribution in [1.82, 2.24) is 10.6 Å². The summed E-state index contributed by atoms with van der Waals surface area (Å²) in [4.78, 5) is 39.3. The van der Waals surface area contributed by atoms with Gasteiger partial charge in [0.1, 0.15) is 6.04 Å². The van der Waals surface area contributed by atoms with Crippen molar-refractivity contribution in [2.45, 2.75) is 72.3 Å². The molecular formula is C24H38N4O3. The van der Waals surface area contributed by atoms with E-state index in [0.29, 0.717) is 19.4 Å². The molecule has 1 fully saturated rings. The average molecular weight is 431 g/mol. The summed E-state index contributed by atoms with van der Waals surface area (Å²) in [5.74, 6) is -0.411. The number of carbonyl (C=O) groups is 3. The molecule has 1 heterocycles. The predicted molar refractivity (Wildman–Crippen MR) is 125 cm³/mol. The maximum atomic E-state index is 12.8. The van der Waals surface area contributed by atoms with Crippen molar-refractivity contribution in [3.05, 3.63) is 24.3 Å². The zero-order valence-electron chi connectivity index (χ0n) is 19.4. The van der Waals surface area contributed by atoms with Gasteiger partial charge in [0.2, 0.25) is 17.7 Å². The van der Waals surface area contributed by atoms with Gasteiger partial charge >= 0.3 is 0 Å². The maximum absolute atomic E-state index is 12.8. The Bertz CT molecular complexity index is 751. The zero-order valence-corrected chi connectivity index (χ0v) is 19.4. The molecule has 1 atom stereocenters. The lowest BCUT2D eigenvalue weighted by atomic mass is 9.96. The van der Waals surface area contributed by atoms with Crippen molar-refractivity contribution >= 4 is 29.1 Å². The number of hydrogen-bond acceptors (Lipinski definition) is 4. The molecule has 1 aromatic carbocycles. The first-order valence-corrected chi connectivity index (χ1v) is 11.4. The average Bonchev–Trinajstić information content (AvgIpc) is 3.25. The lowest BCUT2D eigenvalue weighted by Gasteiger charge is -2.21. The van der Waals surface area contributed by atoms with E-state index in [0.717, 1.165) is 30.9 Å². The fourth-order valence-electron chi connectivity index (χ4n) is 3.53. The van der Waals surface area contributed by atoms with Gasteiger partial charge < -0.3 is 20.9 Å². The van der Waals surface area contributed by atoms with Crippen molar-refractivity contribution in [3.8, 4) is 0 Å². The molecule has 1 aliphatic heterocycles. The van der Waals surface area contributed by atoms with Crippen molar-refractivity contribution in [3.63, 3.8) is 0 Å². The second-order valence-electron chi connectivity index (χ2n) is 9.25. The number of nitrogens with one attached hydrogen (secondary N) is 3. The summed E-state index contributed by atoms with van der Waals surface area (Å²) in [6, 6.07) is 7.30. The Balaban J connectivity index is 1.84. The Morgan fingerprint density at radius 3 is 2.48 bits per heavy atom. The fraction of sp³-hybridized carbons (Fsp3) is 0.625. The minimum Gasteiger partial charge on any atom is -0.371 e. The summed E-state index contributed by atoms with van der Waals surface area (Å²) >= 11 is 0. The Morgan fingerprint density at radius 1 is 1.13 bits per heavy atom. The minimum atomic E-state index is -0.572. The van der Waals surface area contributed by atoms with Crippen LogP contribution in [0.2, 0.25) is 0 Å². The van der Waals surface area contributed by atoms with Gasteiger partial charge in [-0.25, -0.2) is 0 Å². The van der Waals surface area contributed by atoms with Crippen LogP contribution < -0.4 is 20.9 Å². The normalized spacial score (nSPS) is 14.8. The van der Waals surface area contributed by atoms with Crippen molar-refractivity contribution in [2.24, 2.45) is 5.41 Å². The third-order valence-electron chi connectivity index (χ3n) is 5.36. The molecule has 7 nitrogen and oxygen atoms in total. The molecule has 1 saturated heterocycles. The van der Waals surface area contributed by atoms with Gasteiger partial charge in [-0.05, 0) is 43.9 Å². The summed E-state index contributed by atoms with van der Waals surface area (Å²) < 4.78 is 0. The van der Waals surface area contributed by atoms with Gasteiger partial charge in [-0.15, -0.1) is 0 Å². The van der Waals surface area contributed by atoms with Crippen molar-refractivity contribution in [2.75, 3.05) is 29.9 Å². The van der Waals surface area contributed by atoms with Crippen LogP contribution in [-0.4, -0.2) is 43.4 Å². The standard InChI is InChI=1S/C24H38N4O3/c1-5-10-20(27-21(29)13-9-14-25-23(31)24(2,3)4)22(30)26-18-11-8-12-19(17-18)28-15-6-7-16-28/h8,11-12,17,20H,5-7,9-10,13-16H2,1-4H3,(H,25,31)(H,26,30)(H,27,29). The van der Waals surface area contributed by atoms with Gasteiger partial charge in [0.15, 0.2) is 0 Å². The van der Waals surface area contributed by atoms with Gasteiger partial charge in [-0.2, -0.15) is 0 Å². The summed E-state index contributed by atoms with van der Waals surface area (Å²) in [5.41, 5.74) is 1.41. The van der Waals surface area contributed by atoms with E-state index in [4.69, 9.17) is 0 Å². The summed E-state index contributed by atoms with van der Waals surface area (Å²) in [6.07, 6.45) is 4.55. The second kappa shape index (κ2) is 11.7. The largest absolute Gasteiger partial charge is 0.371 e.